The largest absolute Gasteiger partial charge is 0.456 e. The molecule has 21 aromatic rings. The van der Waals surface area contributed by atoms with E-state index in [9.17, 15) is 0 Å². The number of hydrogen-bond acceptors (Lipinski definition) is 11. The number of aromatic nitrogens is 7. The van der Waals surface area contributed by atoms with Crippen molar-refractivity contribution in [2.75, 3.05) is 9.80 Å². The Morgan fingerprint density at radius 1 is 0.267 bits per heavy atom. The van der Waals surface area contributed by atoms with Gasteiger partial charge in [0.2, 0.25) is 5.95 Å². The minimum Gasteiger partial charge on any atom is -0.456 e. The monoisotopic (exact) mass is 1560 g/mol. The molecule has 2 aliphatic carbocycles. The predicted molar refractivity (Wildman–Crippen MR) is 489 cm³/mol. The van der Waals surface area contributed by atoms with Gasteiger partial charge in [0.25, 0.3) is 0 Å². The molecule has 0 fully saturated rings. The van der Waals surface area contributed by atoms with Crippen molar-refractivity contribution >= 4 is 110 Å². The highest BCUT2D eigenvalue weighted by molar-refractivity contribution is 7.25. The molecule has 6 aromatic heterocycles. The van der Waals surface area contributed by atoms with Crippen molar-refractivity contribution in [2.45, 2.75) is 23.9 Å². The summed E-state index contributed by atoms with van der Waals surface area (Å²) in [5.74, 6) is 5.36. The van der Waals surface area contributed by atoms with Crippen LogP contribution in [0.15, 0.2) is 391 Å². The van der Waals surface area contributed by atoms with Crippen molar-refractivity contribution < 1.29 is 8.83 Å². The van der Waals surface area contributed by atoms with E-state index in [2.05, 4.69) is 372 Å². The van der Waals surface area contributed by atoms with Crippen LogP contribution in [0.4, 0.5) is 22.7 Å². The lowest BCUT2D eigenvalue weighted by Crippen LogP contribution is -2.30. The third kappa shape index (κ3) is 11.4. The second-order valence-corrected chi connectivity index (χ2v) is 32.1. The first-order valence-electron chi connectivity index (χ1n) is 40.7. The lowest BCUT2D eigenvalue weighted by atomic mass is 9.82. The molecule has 4 unspecified atom stereocenters. The van der Waals surface area contributed by atoms with E-state index in [-0.39, 0.29) is 23.9 Å². The summed E-state index contributed by atoms with van der Waals surface area (Å²) in [7, 11) is 0. The van der Waals surface area contributed by atoms with Gasteiger partial charge in [-0.05, 0) is 136 Å². The number of hydrogen-bond donors (Lipinski definition) is 0. The van der Waals surface area contributed by atoms with Gasteiger partial charge < -0.3 is 18.6 Å². The van der Waals surface area contributed by atoms with Gasteiger partial charge in [-0.1, -0.05) is 303 Å². The Morgan fingerprint density at radius 2 is 0.650 bits per heavy atom. The van der Waals surface area contributed by atoms with E-state index in [4.69, 9.17) is 38.7 Å². The Hall–Kier alpha value is -15.5. The zero-order valence-electron chi connectivity index (χ0n) is 64.6. The highest BCUT2D eigenvalue weighted by Gasteiger charge is 2.46. The van der Waals surface area contributed by atoms with Gasteiger partial charge >= 0.3 is 0 Å². The molecule has 0 saturated heterocycles. The van der Waals surface area contributed by atoms with Crippen LogP contribution in [0.1, 0.15) is 45.6 Å². The fourth-order valence-corrected chi connectivity index (χ4v) is 20.1. The molecule has 0 amide bonds. The molecular weight excluding hydrogens is 1490 g/mol. The fourth-order valence-electron chi connectivity index (χ4n) is 19.0. The van der Waals surface area contributed by atoms with Crippen LogP contribution in [0.3, 0.4) is 0 Å². The lowest BCUT2D eigenvalue weighted by Gasteiger charge is -2.30. The van der Waals surface area contributed by atoms with Crippen LogP contribution in [0, 0.1) is 0 Å². The molecule has 4 atom stereocenters. The summed E-state index contributed by atoms with van der Waals surface area (Å²) >= 11 is 1.79. The van der Waals surface area contributed by atoms with E-state index < -0.39 is 0 Å². The van der Waals surface area contributed by atoms with Crippen molar-refractivity contribution in [2.24, 2.45) is 0 Å². The standard InChI is InChI=1S/C57H37N5O.C51H32N4OS/c1-3-16-36(17-4-1)38-20-13-22-40(34-38)55-58-56(60-57(59-55)62-47-29-10-7-24-42(47)43-25-8-11-30-48(43)62)46-28-15-27-45-53-51(63-54(45)46)33-32-50-52(53)44-26-9-12-31-49(44)61(50)41-23-14-21-39(35-41)37-18-5-2-6-19-37;1-3-13-31(14-4-1)33-17-11-18-35(29-33)55-41-23-9-7-20-38(41)46-42(55)27-28-43-47(46)39-21-12-22-40(48(39)56-43)51-53-49(32-15-5-2-6-16-32)52-50(54-51)34-25-26-37-36-19-8-10-24-44(36)57-45(37)30-34/h1-35,50,52H;1-30,42,46H. The number of anilines is 4. The van der Waals surface area contributed by atoms with E-state index >= 15 is 0 Å². The van der Waals surface area contributed by atoms with E-state index in [1.807, 2.05) is 36.4 Å². The maximum atomic E-state index is 7.00. The molecule has 0 bridgehead atoms. The SMILES string of the molecule is C1=CC2C(c3ccccc3N2c2cccc(-c3ccccc3)c2)c2c1oc1c(-c3nc(-c4cccc(-c5ccccc5)c4)nc(-n4c5ccccc5c5ccccc54)n3)cccc21.C1=CC2C(c3ccccc3N2c2cccc(-c3ccccc3)c2)c2c1oc1c(-c3nc(-c4ccccc4)nc(-c4ccc5c(c4)sc4ccccc45)n3)cccc21. The molecule has 15 aromatic carbocycles. The molecule has 0 saturated carbocycles. The second kappa shape index (κ2) is 28.2. The minimum atomic E-state index is 0.0425. The maximum Gasteiger partial charge on any atom is 0.238 e. The van der Waals surface area contributed by atoms with E-state index in [1.165, 1.54) is 76.1 Å². The Kier molecular flexibility index (Phi) is 16.2. The predicted octanol–water partition coefficient (Wildman–Crippen LogP) is 27.4. The van der Waals surface area contributed by atoms with Gasteiger partial charge in [0.1, 0.15) is 22.7 Å². The average Bonchev–Trinajstić information content (AvgIpc) is 1.56. The van der Waals surface area contributed by atoms with E-state index in [0.717, 1.165) is 106 Å². The molecule has 564 valence electrons. The Balaban J connectivity index is 0.000000137. The summed E-state index contributed by atoms with van der Waals surface area (Å²) in [5.41, 5.74) is 24.7. The number of para-hydroxylation sites is 6. The molecule has 120 heavy (non-hydrogen) atoms. The van der Waals surface area contributed by atoms with Crippen LogP contribution in [-0.4, -0.2) is 46.6 Å². The maximum absolute atomic E-state index is 7.00. The van der Waals surface area contributed by atoms with Crippen molar-refractivity contribution in [3.8, 4) is 96.3 Å². The third-order valence-corrected chi connectivity index (χ3v) is 25.4. The van der Waals surface area contributed by atoms with Crippen molar-refractivity contribution in [3.63, 3.8) is 0 Å². The molecular formula is C108H69N9O2S. The molecule has 2 aliphatic heterocycles. The molecule has 8 heterocycles. The summed E-state index contributed by atoms with van der Waals surface area (Å²) < 4.78 is 18.5. The Morgan fingerprint density at radius 3 is 1.20 bits per heavy atom. The number of rotatable bonds is 11. The molecule has 11 nitrogen and oxygen atoms in total. The Bertz CT molecular complexity index is 7690. The smallest absolute Gasteiger partial charge is 0.238 e. The highest BCUT2D eigenvalue weighted by atomic mass is 32.1. The van der Waals surface area contributed by atoms with Crippen LogP contribution in [0.2, 0.25) is 0 Å². The molecule has 0 radical (unpaired) electrons. The van der Waals surface area contributed by atoms with Crippen molar-refractivity contribution in [1.82, 2.24) is 34.5 Å². The van der Waals surface area contributed by atoms with Crippen LogP contribution in [0.25, 0.3) is 172 Å². The average molecular weight is 1560 g/mol. The zero-order valence-corrected chi connectivity index (χ0v) is 65.4. The van der Waals surface area contributed by atoms with Crippen LogP contribution >= 0.6 is 11.3 Å². The number of thiophene rings is 1. The molecule has 12 heteroatoms. The number of furan rings is 2. The van der Waals surface area contributed by atoms with Crippen LogP contribution in [0.5, 0.6) is 0 Å². The summed E-state index contributed by atoms with van der Waals surface area (Å²) in [6.07, 6.45) is 8.95. The first-order chi connectivity index (χ1) is 59.5. The van der Waals surface area contributed by atoms with Gasteiger partial charge in [-0.25, -0.2) is 19.9 Å². The summed E-state index contributed by atoms with van der Waals surface area (Å²) in [4.78, 5) is 36.3. The molecule has 0 N–H and O–H groups in total. The number of fused-ring (bicyclic) bond motifs is 20. The molecule has 4 aliphatic rings. The van der Waals surface area contributed by atoms with Gasteiger partial charge in [0.15, 0.2) is 29.1 Å². The van der Waals surface area contributed by atoms with Gasteiger partial charge in [0, 0.05) is 104 Å². The quantitative estimate of drug-likeness (QED) is 0.124. The normalized spacial score (nSPS) is 15.4. The molecule has 25 rings (SSSR count). The van der Waals surface area contributed by atoms with Crippen molar-refractivity contribution in [3.05, 3.63) is 416 Å². The zero-order chi connectivity index (χ0) is 78.9. The second-order valence-electron chi connectivity index (χ2n) is 31.1. The van der Waals surface area contributed by atoms with E-state index in [1.54, 1.807) is 11.3 Å². The van der Waals surface area contributed by atoms with Crippen molar-refractivity contribution in [1.29, 1.82) is 0 Å². The molecule has 0 spiro atoms. The van der Waals surface area contributed by atoms with Gasteiger partial charge in [-0.3, -0.25) is 4.57 Å². The number of benzene rings is 15. The number of nitrogens with zero attached hydrogens (tertiary/aromatic N) is 9. The minimum absolute atomic E-state index is 0.0425. The van der Waals surface area contributed by atoms with Gasteiger partial charge in [-0.2, -0.15) is 9.97 Å². The fraction of sp³-hybridized carbons (Fsp3) is 0.0370. The van der Waals surface area contributed by atoms with Crippen LogP contribution in [-0.2, 0) is 0 Å². The Labute approximate surface area is 694 Å². The highest BCUT2D eigenvalue weighted by Crippen LogP contribution is 2.57. The van der Waals surface area contributed by atoms with E-state index in [0.29, 0.717) is 35.1 Å². The lowest BCUT2D eigenvalue weighted by molar-refractivity contribution is 0.584. The van der Waals surface area contributed by atoms with Gasteiger partial charge in [-0.15, -0.1) is 11.3 Å². The first-order valence-corrected chi connectivity index (χ1v) is 41.5. The van der Waals surface area contributed by atoms with Crippen LogP contribution < -0.4 is 9.80 Å². The first kappa shape index (κ1) is 68.9. The summed E-state index contributed by atoms with van der Waals surface area (Å²) in [6.45, 7) is 0. The third-order valence-electron chi connectivity index (χ3n) is 24.3. The topological polar surface area (TPSA) is 115 Å². The summed E-state index contributed by atoms with van der Waals surface area (Å²) in [5, 5.41) is 6.92. The summed E-state index contributed by atoms with van der Waals surface area (Å²) in [6, 6.07) is 131. The van der Waals surface area contributed by atoms with Gasteiger partial charge in [0.05, 0.1) is 34.2 Å².